The average Bonchev–Trinajstić information content (AvgIpc) is 2.84. The minimum Gasteiger partial charge on any atom is -0.545 e. The lowest BCUT2D eigenvalue weighted by Crippen LogP contribution is -2.36. The summed E-state index contributed by atoms with van der Waals surface area (Å²) >= 11 is 0. The van der Waals surface area contributed by atoms with E-state index >= 15 is 0 Å². The molecule has 4 nitrogen and oxygen atoms in total. The first-order valence-electron chi connectivity index (χ1n) is 11.4. The number of aromatic carboxylic acids is 2. The normalized spacial score (nSPS) is 22.6. The fourth-order valence-corrected chi connectivity index (χ4v) is 6.77. The van der Waals surface area contributed by atoms with Gasteiger partial charge in [-0.3, -0.25) is 0 Å². The van der Waals surface area contributed by atoms with Crippen LogP contribution in [-0.4, -0.2) is 11.9 Å². The summed E-state index contributed by atoms with van der Waals surface area (Å²) in [6.45, 7) is 0. The Labute approximate surface area is 196 Å². The highest BCUT2D eigenvalue weighted by Crippen LogP contribution is 2.63. The van der Waals surface area contributed by atoms with E-state index in [1.807, 2.05) is 36.4 Å². The van der Waals surface area contributed by atoms with E-state index in [4.69, 9.17) is 0 Å². The van der Waals surface area contributed by atoms with E-state index < -0.39 is 11.9 Å². The Balaban J connectivity index is 1.63. The van der Waals surface area contributed by atoms with Crippen molar-refractivity contribution >= 4 is 11.9 Å². The first-order chi connectivity index (χ1) is 16.5. The van der Waals surface area contributed by atoms with Crippen molar-refractivity contribution in [3.05, 3.63) is 141 Å². The zero-order valence-electron chi connectivity index (χ0n) is 18.0. The van der Waals surface area contributed by atoms with Crippen LogP contribution in [0.1, 0.15) is 88.9 Å². The maximum Gasteiger partial charge on any atom is 0.0715 e. The highest BCUT2D eigenvalue weighted by molar-refractivity contribution is 5.88. The van der Waals surface area contributed by atoms with Gasteiger partial charge in [0.25, 0.3) is 0 Å². The van der Waals surface area contributed by atoms with Gasteiger partial charge in [0.1, 0.15) is 0 Å². The van der Waals surface area contributed by atoms with Crippen molar-refractivity contribution in [2.45, 2.75) is 23.7 Å². The van der Waals surface area contributed by atoms with Crippen LogP contribution in [0.2, 0.25) is 0 Å². The van der Waals surface area contributed by atoms with Gasteiger partial charge in [0.2, 0.25) is 0 Å². The van der Waals surface area contributed by atoms with E-state index in [9.17, 15) is 19.8 Å². The number of hydrogen-bond donors (Lipinski definition) is 0. The lowest BCUT2D eigenvalue weighted by Gasteiger charge is -2.50. The zero-order valence-corrected chi connectivity index (χ0v) is 18.0. The lowest BCUT2D eigenvalue weighted by atomic mass is 9.53. The van der Waals surface area contributed by atoms with E-state index in [1.54, 1.807) is 24.3 Å². The van der Waals surface area contributed by atoms with Crippen LogP contribution in [0.25, 0.3) is 0 Å². The van der Waals surface area contributed by atoms with Gasteiger partial charge in [-0.2, -0.15) is 0 Å². The van der Waals surface area contributed by atoms with Crippen LogP contribution in [0.3, 0.4) is 0 Å². The first kappa shape index (κ1) is 19.3. The molecule has 4 heteroatoms. The molecule has 6 aliphatic carbocycles. The molecule has 0 amide bonds. The van der Waals surface area contributed by atoms with Crippen molar-refractivity contribution in [3.8, 4) is 0 Å². The number of carbonyl (C=O) groups is 2. The third-order valence-corrected chi connectivity index (χ3v) is 7.98. The van der Waals surface area contributed by atoms with Crippen LogP contribution < -0.4 is 10.2 Å². The summed E-state index contributed by atoms with van der Waals surface area (Å²) in [4.78, 5) is 23.6. The predicted octanol–water partition coefficient (Wildman–Crippen LogP) is 3.28. The second-order valence-corrected chi connectivity index (χ2v) is 9.43. The van der Waals surface area contributed by atoms with E-state index in [0.29, 0.717) is 0 Å². The Morgan fingerprint density at radius 3 is 1.06 bits per heavy atom. The molecule has 0 aromatic heterocycles. The van der Waals surface area contributed by atoms with Crippen LogP contribution in [0, 0.1) is 0 Å². The van der Waals surface area contributed by atoms with Gasteiger partial charge in [-0.05, 0) is 67.8 Å². The Morgan fingerprint density at radius 1 is 0.441 bits per heavy atom. The SMILES string of the molecule is O=C([O-])c1ccc2c(c1)[C@H]1c3ccccc3[C@@H]2[C@@H]2c3ccccc3[C@H]1c1ccc(C(=O)[O-])cc12. The molecule has 0 spiro atoms. The molecule has 10 rings (SSSR count). The number of hydrogen-bond acceptors (Lipinski definition) is 4. The van der Waals surface area contributed by atoms with Gasteiger partial charge < -0.3 is 19.8 Å². The Morgan fingerprint density at radius 2 is 0.735 bits per heavy atom. The molecule has 0 heterocycles. The second kappa shape index (κ2) is 6.67. The van der Waals surface area contributed by atoms with Gasteiger partial charge in [0, 0.05) is 23.7 Å². The third-order valence-electron chi connectivity index (χ3n) is 7.98. The van der Waals surface area contributed by atoms with Crippen LogP contribution >= 0.6 is 0 Å². The van der Waals surface area contributed by atoms with Gasteiger partial charge in [-0.25, -0.2) is 0 Å². The van der Waals surface area contributed by atoms with Crippen LogP contribution in [0.4, 0.5) is 0 Å². The quantitative estimate of drug-likeness (QED) is 0.477. The molecule has 164 valence electrons. The Hall–Kier alpha value is -4.18. The monoisotopic (exact) mass is 442 g/mol. The van der Waals surface area contributed by atoms with E-state index in [2.05, 4.69) is 24.3 Å². The van der Waals surface area contributed by atoms with Crippen molar-refractivity contribution < 1.29 is 19.8 Å². The summed E-state index contributed by atoms with van der Waals surface area (Å²) in [6.07, 6.45) is 0. The topological polar surface area (TPSA) is 80.3 Å². The summed E-state index contributed by atoms with van der Waals surface area (Å²) < 4.78 is 0. The summed E-state index contributed by atoms with van der Waals surface area (Å²) in [5.74, 6) is -2.71. The summed E-state index contributed by atoms with van der Waals surface area (Å²) in [7, 11) is 0. The number of benzene rings is 4. The molecule has 0 saturated carbocycles. The van der Waals surface area contributed by atoms with Gasteiger partial charge >= 0.3 is 0 Å². The Bertz CT molecular complexity index is 1430. The molecule has 0 saturated heterocycles. The standard InChI is InChI=1S/C30H20O4/c31-29(32)15-9-11-21-23(13-15)27-19-7-3-1-5-17(19)25(21)28-20-8-4-2-6-18(20)26(27)22-12-10-16(30(33)34)14-24(22)28/h1-14,25-28H,(H,31,32)(H,33,34)/p-2/t25-,26-,27+,28+/m0/s1. The van der Waals surface area contributed by atoms with E-state index in [0.717, 1.165) is 22.3 Å². The van der Waals surface area contributed by atoms with Crippen molar-refractivity contribution in [1.29, 1.82) is 0 Å². The third kappa shape index (κ3) is 2.37. The van der Waals surface area contributed by atoms with Gasteiger partial charge in [-0.15, -0.1) is 0 Å². The number of rotatable bonds is 2. The minimum atomic E-state index is -1.18. The van der Waals surface area contributed by atoms with Crippen molar-refractivity contribution in [2.75, 3.05) is 0 Å². The van der Waals surface area contributed by atoms with Crippen LogP contribution in [-0.2, 0) is 0 Å². The minimum absolute atomic E-state index is 0.0728. The highest BCUT2D eigenvalue weighted by Gasteiger charge is 2.49. The molecule has 4 aromatic rings. The zero-order chi connectivity index (χ0) is 23.1. The highest BCUT2D eigenvalue weighted by atomic mass is 16.4. The van der Waals surface area contributed by atoms with E-state index in [-0.39, 0.29) is 34.8 Å². The molecule has 4 bridgehead atoms. The fraction of sp³-hybridized carbons (Fsp3) is 0.133. The van der Waals surface area contributed by atoms with Gasteiger partial charge in [0.15, 0.2) is 0 Å². The summed E-state index contributed by atoms with van der Waals surface area (Å²) in [6, 6.07) is 27.5. The number of carboxylic acid groups (broad SMARTS) is 2. The molecule has 0 N–H and O–H groups in total. The largest absolute Gasteiger partial charge is 0.545 e. The number of carbonyl (C=O) groups excluding carboxylic acids is 2. The maximum absolute atomic E-state index is 11.8. The summed E-state index contributed by atoms with van der Waals surface area (Å²) in [5.41, 5.74) is 9.44. The fourth-order valence-electron chi connectivity index (χ4n) is 6.77. The van der Waals surface area contributed by atoms with Crippen molar-refractivity contribution in [1.82, 2.24) is 0 Å². The first-order valence-corrected chi connectivity index (χ1v) is 11.4. The van der Waals surface area contributed by atoms with Crippen molar-refractivity contribution in [3.63, 3.8) is 0 Å². The summed E-state index contributed by atoms with van der Waals surface area (Å²) in [5, 5.41) is 23.6. The molecule has 0 radical (unpaired) electrons. The maximum atomic E-state index is 11.8. The van der Waals surface area contributed by atoms with Gasteiger partial charge in [-0.1, -0.05) is 72.8 Å². The molecular weight excluding hydrogens is 424 g/mol. The second-order valence-electron chi connectivity index (χ2n) is 9.43. The lowest BCUT2D eigenvalue weighted by molar-refractivity contribution is -0.256. The Kier molecular flexibility index (Phi) is 3.79. The molecule has 4 aromatic carbocycles. The molecule has 0 unspecified atom stereocenters. The number of carboxylic acids is 2. The average molecular weight is 442 g/mol. The van der Waals surface area contributed by atoms with Crippen LogP contribution in [0.15, 0.2) is 84.9 Å². The molecule has 0 aliphatic heterocycles. The molecule has 4 atom stereocenters. The molecule has 0 fully saturated rings. The predicted molar refractivity (Wildman–Crippen MR) is 122 cm³/mol. The molecule has 6 aliphatic rings. The molecule has 34 heavy (non-hydrogen) atoms. The van der Waals surface area contributed by atoms with Crippen molar-refractivity contribution in [2.24, 2.45) is 0 Å². The van der Waals surface area contributed by atoms with Crippen LogP contribution in [0.5, 0.6) is 0 Å². The van der Waals surface area contributed by atoms with E-state index in [1.165, 1.54) is 22.3 Å². The molecular formula is C30H18O4-2. The van der Waals surface area contributed by atoms with Gasteiger partial charge in [0.05, 0.1) is 11.9 Å². The smallest absolute Gasteiger partial charge is 0.0715 e.